The van der Waals surface area contributed by atoms with Crippen molar-refractivity contribution in [3.63, 3.8) is 0 Å². The van der Waals surface area contributed by atoms with Gasteiger partial charge < -0.3 is 19.5 Å². The number of rotatable bonds is 6. The van der Waals surface area contributed by atoms with E-state index < -0.39 is 0 Å². The molecule has 0 radical (unpaired) electrons. The Kier molecular flexibility index (Phi) is 5.67. The second kappa shape index (κ2) is 8.94. The molecule has 1 aliphatic heterocycles. The minimum absolute atomic E-state index is 0.0790. The monoisotopic (exact) mass is 455 g/mol. The molecule has 5 rings (SSSR count). The molecule has 3 aromatic carbocycles. The van der Waals surface area contributed by atoms with Gasteiger partial charge in [-0.1, -0.05) is 36.4 Å². The lowest BCUT2D eigenvalue weighted by atomic mass is 9.84. The standard InChI is InChI=1S/C27H25N3O4/c1-32-19-11-9-18(10-12-19)30-27-25(26(29-30)17-7-5-4-6-8-17)22(16-24(31)28-27)21-14-13-20(33-2)15-23(21)34-3/h4-15,22H,16H2,1-3H3,(H,28,31)/t22-/m0/s1. The Labute approximate surface area is 197 Å². The number of carbonyl (C=O) groups excluding carboxylic acids is 1. The first-order valence-corrected chi connectivity index (χ1v) is 11.0. The largest absolute Gasteiger partial charge is 0.497 e. The van der Waals surface area contributed by atoms with E-state index in [1.165, 1.54) is 0 Å². The number of hydrogen-bond donors (Lipinski definition) is 1. The van der Waals surface area contributed by atoms with Crippen LogP contribution in [-0.2, 0) is 4.79 Å². The lowest BCUT2D eigenvalue weighted by molar-refractivity contribution is -0.116. The van der Waals surface area contributed by atoms with Crippen LogP contribution in [0.2, 0.25) is 0 Å². The van der Waals surface area contributed by atoms with Gasteiger partial charge in [0.25, 0.3) is 0 Å². The third-order valence-corrected chi connectivity index (χ3v) is 6.10. The van der Waals surface area contributed by atoms with Crippen molar-refractivity contribution in [2.24, 2.45) is 0 Å². The molecule has 0 fully saturated rings. The predicted octanol–water partition coefficient (Wildman–Crippen LogP) is 5.04. The van der Waals surface area contributed by atoms with Crippen molar-refractivity contribution in [3.05, 3.63) is 83.9 Å². The number of fused-ring (bicyclic) bond motifs is 1. The van der Waals surface area contributed by atoms with Crippen molar-refractivity contribution < 1.29 is 19.0 Å². The summed E-state index contributed by atoms with van der Waals surface area (Å²) in [5, 5.41) is 8.05. The molecule has 2 heterocycles. The second-order valence-corrected chi connectivity index (χ2v) is 8.00. The van der Waals surface area contributed by atoms with Gasteiger partial charge in [0.2, 0.25) is 5.91 Å². The second-order valence-electron chi connectivity index (χ2n) is 8.00. The topological polar surface area (TPSA) is 74.6 Å². The van der Waals surface area contributed by atoms with E-state index in [2.05, 4.69) is 5.32 Å². The highest BCUT2D eigenvalue weighted by molar-refractivity contribution is 5.97. The highest BCUT2D eigenvalue weighted by Crippen LogP contribution is 2.46. The van der Waals surface area contributed by atoms with Gasteiger partial charge in [-0.2, -0.15) is 5.10 Å². The smallest absolute Gasteiger partial charge is 0.226 e. The summed E-state index contributed by atoms with van der Waals surface area (Å²) in [5.74, 6) is 2.44. The van der Waals surface area contributed by atoms with Crippen LogP contribution < -0.4 is 19.5 Å². The van der Waals surface area contributed by atoms with Crippen LogP contribution in [0.5, 0.6) is 17.2 Å². The van der Waals surface area contributed by atoms with E-state index in [0.29, 0.717) is 17.3 Å². The Hall–Kier alpha value is -4.26. The summed E-state index contributed by atoms with van der Waals surface area (Å²) >= 11 is 0. The van der Waals surface area contributed by atoms with Crippen molar-refractivity contribution in [1.29, 1.82) is 0 Å². The van der Waals surface area contributed by atoms with Crippen molar-refractivity contribution in [2.45, 2.75) is 12.3 Å². The number of carbonyl (C=O) groups is 1. The summed E-state index contributed by atoms with van der Waals surface area (Å²) in [4.78, 5) is 12.9. The van der Waals surface area contributed by atoms with Crippen molar-refractivity contribution in [2.75, 3.05) is 26.6 Å². The van der Waals surface area contributed by atoms with Crippen LogP contribution in [0.25, 0.3) is 16.9 Å². The maximum atomic E-state index is 12.9. The summed E-state index contributed by atoms with van der Waals surface area (Å²) in [6.07, 6.45) is 0.282. The van der Waals surface area contributed by atoms with E-state index in [4.69, 9.17) is 19.3 Å². The maximum absolute atomic E-state index is 12.9. The van der Waals surface area contributed by atoms with Gasteiger partial charge in [-0.3, -0.25) is 4.79 Å². The average Bonchev–Trinajstić information content (AvgIpc) is 3.27. The van der Waals surface area contributed by atoms with Gasteiger partial charge in [0, 0.05) is 35.1 Å². The van der Waals surface area contributed by atoms with Gasteiger partial charge in [0.05, 0.1) is 32.7 Å². The number of nitrogens with one attached hydrogen (secondary N) is 1. The van der Waals surface area contributed by atoms with E-state index in [0.717, 1.165) is 33.8 Å². The van der Waals surface area contributed by atoms with E-state index in [9.17, 15) is 4.79 Å². The lowest BCUT2D eigenvalue weighted by Gasteiger charge is -2.26. The number of hydrogen-bond acceptors (Lipinski definition) is 5. The number of benzene rings is 3. The van der Waals surface area contributed by atoms with Crippen LogP contribution >= 0.6 is 0 Å². The first-order chi connectivity index (χ1) is 16.6. The third-order valence-electron chi connectivity index (χ3n) is 6.10. The Balaban J connectivity index is 1.74. The predicted molar refractivity (Wildman–Crippen MR) is 130 cm³/mol. The number of nitrogens with zero attached hydrogens (tertiary/aromatic N) is 2. The lowest BCUT2D eigenvalue weighted by Crippen LogP contribution is -2.25. The quantitative estimate of drug-likeness (QED) is 0.441. The summed E-state index contributed by atoms with van der Waals surface area (Å²) in [6.45, 7) is 0. The number of aromatic nitrogens is 2. The van der Waals surface area contributed by atoms with Gasteiger partial charge in [-0.25, -0.2) is 4.68 Å². The van der Waals surface area contributed by atoms with Crippen LogP contribution in [0.4, 0.5) is 5.82 Å². The van der Waals surface area contributed by atoms with Crippen LogP contribution in [0.1, 0.15) is 23.5 Å². The Morgan fingerprint density at radius 2 is 1.59 bits per heavy atom. The Morgan fingerprint density at radius 3 is 2.26 bits per heavy atom. The zero-order chi connectivity index (χ0) is 23.7. The van der Waals surface area contributed by atoms with E-state index in [-0.39, 0.29) is 18.2 Å². The fourth-order valence-electron chi connectivity index (χ4n) is 4.44. The van der Waals surface area contributed by atoms with Crippen LogP contribution in [0.3, 0.4) is 0 Å². The molecule has 0 aliphatic carbocycles. The molecule has 0 saturated carbocycles. The molecular weight excluding hydrogens is 430 g/mol. The molecular formula is C27H25N3O4. The number of amides is 1. The molecule has 0 saturated heterocycles. The van der Waals surface area contributed by atoms with Crippen molar-refractivity contribution in [1.82, 2.24) is 9.78 Å². The van der Waals surface area contributed by atoms with Gasteiger partial charge >= 0.3 is 0 Å². The Bertz CT molecular complexity index is 1330. The first kappa shape index (κ1) is 21.6. The molecule has 1 atom stereocenters. The molecule has 0 spiro atoms. The molecule has 4 aromatic rings. The van der Waals surface area contributed by atoms with Gasteiger partial charge in [-0.15, -0.1) is 0 Å². The van der Waals surface area contributed by atoms with E-state index >= 15 is 0 Å². The number of methoxy groups -OCH3 is 3. The normalized spacial score (nSPS) is 14.8. The molecule has 1 N–H and O–H groups in total. The zero-order valence-corrected chi connectivity index (χ0v) is 19.2. The minimum atomic E-state index is -0.244. The van der Waals surface area contributed by atoms with Gasteiger partial charge in [0.15, 0.2) is 0 Å². The molecule has 1 amide bonds. The van der Waals surface area contributed by atoms with Gasteiger partial charge in [0.1, 0.15) is 23.1 Å². The number of ether oxygens (including phenoxy) is 3. The van der Waals surface area contributed by atoms with Crippen LogP contribution in [0, 0.1) is 0 Å². The minimum Gasteiger partial charge on any atom is -0.497 e. The van der Waals surface area contributed by atoms with E-state index in [1.54, 1.807) is 26.0 Å². The molecule has 172 valence electrons. The molecule has 0 bridgehead atoms. The van der Waals surface area contributed by atoms with Crippen LogP contribution in [-0.4, -0.2) is 37.0 Å². The van der Waals surface area contributed by atoms with Crippen LogP contribution in [0.15, 0.2) is 72.8 Å². The molecule has 1 aromatic heterocycles. The summed E-state index contributed by atoms with van der Waals surface area (Å²) in [7, 11) is 4.87. The van der Waals surface area contributed by atoms with Crippen molar-refractivity contribution >= 4 is 11.7 Å². The molecule has 34 heavy (non-hydrogen) atoms. The highest BCUT2D eigenvalue weighted by Gasteiger charge is 2.35. The third kappa shape index (κ3) is 3.75. The fraction of sp³-hybridized carbons (Fsp3) is 0.185. The molecule has 1 aliphatic rings. The molecule has 7 nitrogen and oxygen atoms in total. The molecule has 7 heteroatoms. The highest BCUT2D eigenvalue weighted by atomic mass is 16.5. The fourth-order valence-corrected chi connectivity index (χ4v) is 4.44. The maximum Gasteiger partial charge on any atom is 0.226 e. The van der Waals surface area contributed by atoms with E-state index in [1.807, 2.05) is 72.8 Å². The number of anilines is 1. The SMILES string of the molecule is COc1ccc(-n2nc(-c3ccccc3)c3c2NC(=O)C[C@H]3c2ccc(OC)cc2OC)cc1. The summed E-state index contributed by atoms with van der Waals surface area (Å²) < 4.78 is 18.2. The zero-order valence-electron chi connectivity index (χ0n) is 19.2. The summed E-state index contributed by atoms with van der Waals surface area (Å²) in [6, 6.07) is 23.3. The average molecular weight is 456 g/mol. The van der Waals surface area contributed by atoms with Gasteiger partial charge in [-0.05, 0) is 30.3 Å². The summed E-state index contributed by atoms with van der Waals surface area (Å²) in [5.41, 5.74) is 4.46. The van der Waals surface area contributed by atoms with Crippen molar-refractivity contribution in [3.8, 4) is 34.2 Å². The first-order valence-electron chi connectivity index (χ1n) is 11.0. The Morgan fingerprint density at radius 1 is 0.882 bits per heavy atom. The molecule has 0 unspecified atom stereocenters.